The summed E-state index contributed by atoms with van der Waals surface area (Å²) in [5, 5.41) is 10.9. The molecule has 0 bridgehead atoms. The Morgan fingerprint density at radius 3 is 2.67 bits per heavy atom. The molecule has 0 fully saturated rings. The van der Waals surface area contributed by atoms with Gasteiger partial charge in [0.2, 0.25) is 5.13 Å². The Labute approximate surface area is 121 Å². The van der Waals surface area contributed by atoms with Gasteiger partial charge in [-0.2, -0.15) is 0 Å². The van der Waals surface area contributed by atoms with Gasteiger partial charge in [-0.15, -0.1) is 23.4 Å². The predicted octanol–water partition coefficient (Wildman–Crippen LogP) is 3.25. The summed E-state index contributed by atoms with van der Waals surface area (Å²) < 4.78 is 40.7. The molecule has 5 nitrogen and oxygen atoms in total. The number of aromatic nitrogens is 2. The number of anilines is 1. The van der Waals surface area contributed by atoms with E-state index in [0.717, 1.165) is 17.4 Å². The summed E-state index contributed by atoms with van der Waals surface area (Å²) in [6.07, 6.45) is -4.21. The molecule has 0 aliphatic carbocycles. The Kier molecular flexibility index (Phi) is 4.41. The second kappa shape index (κ2) is 6.08. The van der Waals surface area contributed by atoms with Gasteiger partial charge in [-0.25, -0.2) is 0 Å². The van der Waals surface area contributed by atoms with Gasteiger partial charge in [0.25, 0.3) is 5.91 Å². The zero-order valence-electron chi connectivity index (χ0n) is 10.8. The first-order chi connectivity index (χ1) is 9.89. The SMILES string of the molecule is CCc1nnc(NC(=O)c2ccccc2OC(F)(F)F)s1. The fourth-order valence-electron chi connectivity index (χ4n) is 1.48. The molecule has 0 saturated heterocycles. The zero-order chi connectivity index (χ0) is 15.5. The van der Waals surface area contributed by atoms with E-state index in [1.165, 1.54) is 18.2 Å². The molecule has 9 heteroatoms. The van der Waals surface area contributed by atoms with Gasteiger partial charge in [0.05, 0.1) is 5.56 Å². The first-order valence-electron chi connectivity index (χ1n) is 5.87. The molecule has 2 aromatic rings. The molecule has 0 unspecified atom stereocenters. The van der Waals surface area contributed by atoms with Crippen LogP contribution in [0, 0.1) is 0 Å². The highest BCUT2D eigenvalue weighted by atomic mass is 32.1. The summed E-state index contributed by atoms with van der Waals surface area (Å²) in [6.45, 7) is 1.87. The number of para-hydroxylation sites is 1. The van der Waals surface area contributed by atoms with E-state index >= 15 is 0 Å². The molecule has 1 heterocycles. The van der Waals surface area contributed by atoms with E-state index in [1.54, 1.807) is 0 Å². The van der Waals surface area contributed by atoms with Crippen LogP contribution in [-0.4, -0.2) is 22.5 Å². The van der Waals surface area contributed by atoms with E-state index in [9.17, 15) is 18.0 Å². The molecule has 1 aromatic carbocycles. The number of aryl methyl sites for hydroxylation is 1. The number of amides is 1. The standard InChI is InChI=1S/C12H10F3N3O2S/c1-2-9-17-18-11(21-9)16-10(19)7-5-3-4-6-8(7)20-12(13,14)15/h3-6H,2H2,1H3,(H,16,18,19). The topological polar surface area (TPSA) is 64.1 Å². The number of hydrogen-bond donors (Lipinski definition) is 1. The minimum absolute atomic E-state index is 0.221. The number of halogens is 3. The Morgan fingerprint density at radius 2 is 2.05 bits per heavy atom. The highest BCUT2D eigenvalue weighted by molar-refractivity contribution is 7.15. The van der Waals surface area contributed by atoms with E-state index in [-0.39, 0.29) is 10.7 Å². The highest BCUT2D eigenvalue weighted by Crippen LogP contribution is 2.27. The van der Waals surface area contributed by atoms with E-state index in [4.69, 9.17) is 0 Å². The Morgan fingerprint density at radius 1 is 1.33 bits per heavy atom. The fourth-order valence-corrected chi connectivity index (χ4v) is 2.15. The first kappa shape index (κ1) is 15.2. The molecule has 112 valence electrons. The largest absolute Gasteiger partial charge is 0.573 e. The summed E-state index contributed by atoms with van der Waals surface area (Å²) in [7, 11) is 0. The summed E-state index contributed by atoms with van der Waals surface area (Å²) >= 11 is 1.16. The fraction of sp³-hybridized carbons (Fsp3) is 0.250. The molecule has 1 N–H and O–H groups in total. The van der Waals surface area contributed by atoms with Gasteiger partial charge in [0.15, 0.2) is 0 Å². The number of carbonyl (C=O) groups is 1. The van der Waals surface area contributed by atoms with Crippen molar-refractivity contribution in [1.82, 2.24) is 10.2 Å². The van der Waals surface area contributed by atoms with Gasteiger partial charge in [-0.1, -0.05) is 30.4 Å². The summed E-state index contributed by atoms with van der Waals surface area (Å²) in [5.74, 6) is -1.31. The molecule has 0 radical (unpaired) electrons. The predicted molar refractivity (Wildman–Crippen MR) is 70.4 cm³/mol. The zero-order valence-corrected chi connectivity index (χ0v) is 11.6. The monoisotopic (exact) mass is 317 g/mol. The normalized spacial score (nSPS) is 11.2. The van der Waals surface area contributed by atoms with Crippen LogP contribution in [0.4, 0.5) is 18.3 Å². The second-order valence-electron chi connectivity index (χ2n) is 3.85. The van der Waals surface area contributed by atoms with E-state index in [0.29, 0.717) is 11.4 Å². The van der Waals surface area contributed by atoms with Crippen molar-refractivity contribution in [3.05, 3.63) is 34.8 Å². The third-order valence-corrected chi connectivity index (χ3v) is 3.33. The van der Waals surface area contributed by atoms with Crippen LogP contribution in [0.15, 0.2) is 24.3 Å². The van der Waals surface area contributed by atoms with Crippen molar-refractivity contribution < 1.29 is 22.7 Å². The van der Waals surface area contributed by atoms with Crippen LogP contribution in [0.3, 0.4) is 0 Å². The van der Waals surface area contributed by atoms with Crippen LogP contribution in [0.1, 0.15) is 22.3 Å². The van der Waals surface area contributed by atoms with Crippen molar-refractivity contribution in [2.45, 2.75) is 19.7 Å². The number of nitrogens with zero attached hydrogens (tertiary/aromatic N) is 2. The molecule has 0 aliphatic rings. The third-order valence-electron chi connectivity index (χ3n) is 2.35. The van der Waals surface area contributed by atoms with E-state index in [1.807, 2.05) is 6.92 Å². The highest BCUT2D eigenvalue weighted by Gasteiger charge is 2.32. The molecular formula is C12H10F3N3O2S. The third kappa shape index (κ3) is 4.15. The lowest BCUT2D eigenvalue weighted by Crippen LogP contribution is -2.20. The number of nitrogens with one attached hydrogen (secondary N) is 1. The van der Waals surface area contributed by atoms with Gasteiger partial charge >= 0.3 is 6.36 Å². The summed E-state index contributed by atoms with van der Waals surface area (Å²) in [6, 6.07) is 5.09. The number of carbonyl (C=O) groups excluding carboxylic acids is 1. The maximum atomic E-state index is 12.3. The van der Waals surface area contributed by atoms with Crippen LogP contribution in [0.2, 0.25) is 0 Å². The van der Waals surface area contributed by atoms with E-state index in [2.05, 4.69) is 20.3 Å². The lowest BCUT2D eigenvalue weighted by atomic mass is 10.2. The minimum Gasteiger partial charge on any atom is -0.405 e. The van der Waals surface area contributed by atoms with Crippen LogP contribution in [0.5, 0.6) is 5.75 Å². The number of rotatable bonds is 4. The lowest BCUT2D eigenvalue weighted by molar-refractivity contribution is -0.274. The first-order valence-corrected chi connectivity index (χ1v) is 6.69. The quantitative estimate of drug-likeness (QED) is 0.940. The Hall–Kier alpha value is -2.16. The van der Waals surface area contributed by atoms with Gasteiger partial charge in [-0.3, -0.25) is 10.1 Å². The van der Waals surface area contributed by atoms with Crippen molar-refractivity contribution in [1.29, 1.82) is 0 Å². The van der Waals surface area contributed by atoms with Crippen LogP contribution in [-0.2, 0) is 6.42 Å². The smallest absolute Gasteiger partial charge is 0.405 e. The van der Waals surface area contributed by atoms with Crippen molar-refractivity contribution in [2.75, 3.05) is 5.32 Å². The van der Waals surface area contributed by atoms with Gasteiger partial charge < -0.3 is 4.74 Å². The van der Waals surface area contributed by atoms with Crippen LogP contribution in [0.25, 0.3) is 0 Å². The van der Waals surface area contributed by atoms with Crippen molar-refractivity contribution in [3.8, 4) is 5.75 Å². The Balaban J connectivity index is 2.19. The summed E-state index contributed by atoms with van der Waals surface area (Å²) in [5.41, 5.74) is -0.233. The molecule has 0 saturated carbocycles. The average molecular weight is 317 g/mol. The van der Waals surface area contributed by atoms with Crippen molar-refractivity contribution in [2.24, 2.45) is 0 Å². The number of alkyl halides is 3. The van der Waals surface area contributed by atoms with Crippen LogP contribution >= 0.6 is 11.3 Å². The minimum atomic E-state index is -4.87. The van der Waals surface area contributed by atoms with Crippen molar-refractivity contribution in [3.63, 3.8) is 0 Å². The van der Waals surface area contributed by atoms with Gasteiger partial charge in [0.1, 0.15) is 10.8 Å². The maximum absolute atomic E-state index is 12.3. The molecule has 0 aliphatic heterocycles. The number of benzene rings is 1. The Bertz CT molecular complexity index is 643. The van der Waals surface area contributed by atoms with Crippen molar-refractivity contribution >= 4 is 22.4 Å². The van der Waals surface area contributed by atoms with Gasteiger partial charge in [0, 0.05) is 0 Å². The van der Waals surface area contributed by atoms with Crippen LogP contribution < -0.4 is 10.1 Å². The maximum Gasteiger partial charge on any atom is 0.573 e. The number of ether oxygens (including phenoxy) is 1. The number of hydrogen-bond acceptors (Lipinski definition) is 5. The van der Waals surface area contributed by atoms with Gasteiger partial charge in [-0.05, 0) is 18.6 Å². The molecular weight excluding hydrogens is 307 g/mol. The molecule has 0 atom stereocenters. The second-order valence-corrected chi connectivity index (χ2v) is 4.91. The molecule has 1 amide bonds. The summed E-state index contributed by atoms with van der Waals surface area (Å²) in [4.78, 5) is 12.0. The average Bonchev–Trinajstić information content (AvgIpc) is 2.85. The van der Waals surface area contributed by atoms with E-state index < -0.39 is 18.0 Å². The molecule has 21 heavy (non-hydrogen) atoms. The molecule has 1 aromatic heterocycles. The lowest BCUT2D eigenvalue weighted by Gasteiger charge is -2.12. The molecule has 0 spiro atoms. The molecule has 2 rings (SSSR count).